The molecule has 8 nitrogen and oxygen atoms in total. The van der Waals surface area contributed by atoms with Crippen molar-refractivity contribution in [3.05, 3.63) is 33.9 Å². The molecule has 0 saturated heterocycles. The third-order valence-electron chi connectivity index (χ3n) is 1.73. The van der Waals surface area contributed by atoms with Gasteiger partial charge in [-0.15, -0.1) is 0 Å². The number of rotatable bonds is 3. The van der Waals surface area contributed by atoms with Crippen molar-refractivity contribution in [1.29, 1.82) is 0 Å². The fourth-order valence-corrected chi connectivity index (χ4v) is 1.53. The second kappa shape index (κ2) is 3.87. The van der Waals surface area contributed by atoms with Crippen LogP contribution in [-0.2, 0) is 10.1 Å². The maximum absolute atomic E-state index is 10.8. The molecule has 0 atom stereocenters. The fraction of sp³-hybridized carbons (Fsp3) is 0. The van der Waals surface area contributed by atoms with Gasteiger partial charge in [0.1, 0.15) is 10.5 Å². The van der Waals surface area contributed by atoms with Crippen LogP contribution in [0, 0.1) is 10.1 Å². The lowest BCUT2D eigenvalue weighted by atomic mass is 10.2. The normalized spacial score (nSPS) is 11.1. The second-order valence-corrected chi connectivity index (χ2v) is 4.20. The monoisotopic (exact) mass is 246 g/mol. The van der Waals surface area contributed by atoms with Crippen LogP contribution in [0.4, 0.5) is 5.69 Å². The molecule has 0 unspecified atom stereocenters. The van der Waals surface area contributed by atoms with Gasteiger partial charge in [0.05, 0.1) is 4.92 Å². The number of hydrogen-bond acceptors (Lipinski definition) is 5. The van der Waals surface area contributed by atoms with E-state index in [0.717, 1.165) is 12.1 Å². The lowest BCUT2D eigenvalue weighted by Crippen LogP contribution is -2.14. The summed E-state index contributed by atoms with van der Waals surface area (Å²) in [6.07, 6.45) is 0. The Labute approximate surface area is 89.6 Å². The highest BCUT2D eigenvalue weighted by molar-refractivity contribution is 7.85. The van der Waals surface area contributed by atoms with Crippen LogP contribution in [0.3, 0.4) is 0 Å². The van der Waals surface area contributed by atoms with E-state index >= 15 is 0 Å². The molecule has 1 aromatic rings. The van der Waals surface area contributed by atoms with Crippen molar-refractivity contribution < 1.29 is 22.7 Å². The summed E-state index contributed by atoms with van der Waals surface area (Å²) in [7, 11) is -4.56. The van der Waals surface area contributed by atoms with Gasteiger partial charge in [0.2, 0.25) is 0 Å². The first-order valence-electron chi connectivity index (χ1n) is 3.79. The van der Waals surface area contributed by atoms with Crippen LogP contribution < -0.4 is 5.73 Å². The summed E-state index contributed by atoms with van der Waals surface area (Å²) in [6.45, 7) is 0. The Kier molecular flexibility index (Phi) is 2.92. The molecule has 86 valence electrons. The third kappa shape index (κ3) is 2.32. The number of nitrogens with two attached hydrogens (primary N) is 1. The SMILES string of the molecule is NC(=O)c1ccc(S(=O)(=O)O)cc1[N+](=O)[O-]. The van der Waals surface area contributed by atoms with Gasteiger partial charge in [-0.25, -0.2) is 0 Å². The number of carbonyl (C=O) groups excluding carboxylic acids is 1. The largest absolute Gasteiger partial charge is 0.365 e. The molecule has 16 heavy (non-hydrogen) atoms. The molecule has 9 heteroatoms. The first kappa shape index (κ1) is 12.1. The molecule has 0 radical (unpaired) electrons. The van der Waals surface area contributed by atoms with Crippen molar-refractivity contribution in [1.82, 2.24) is 0 Å². The Morgan fingerprint density at radius 2 is 2.00 bits per heavy atom. The van der Waals surface area contributed by atoms with E-state index in [0.29, 0.717) is 6.07 Å². The van der Waals surface area contributed by atoms with E-state index < -0.39 is 37.1 Å². The third-order valence-corrected chi connectivity index (χ3v) is 2.58. The quantitative estimate of drug-likeness (QED) is 0.434. The van der Waals surface area contributed by atoms with Gasteiger partial charge in [0, 0.05) is 6.07 Å². The summed E-state index contributed by atoms with van der Waals surface area (Å²) >= 11 is 0. The number of carbonyl (C=O) groups is 1. The minimum atomic E-state index is -4.56. The maximum atomic E-state index is 10.8. The number of primary amides is 1. The van der Waals surface area contributed by atoms with Crippen molar-refractivity contribution in [3.63, 3.8) is 0 Å². The molecule has 0 aliphatic carbocycles. The molecule has 0 aromatic heterocycles. The molecule has 0 bridgehead atoms. The van der Waals surface area contributed by atoms with Crippen LogP contribution in [0.1, 0.15) is 10.4 Å². The zero-order valence-corrected chi connectivity index (χ0v) is 8.47. The van der Waals surface area contributed by atoms with Crippen molar-refractivity contribution in [3.8, 4) is 0 Å². The smallest absolute Gasteiger partial charge is 0.294 e. The summed E-state index contributed by atoms with van der Waals surface area (Å²) in [4.78, 5) is 19.7. The molecular formula is C7H6N2O6S. The number of amides is 1. The molecule has 1 rings (SSSR count). The van der Waals surface area contributed by atoms with Gasteiger partial charge in [-0.05, 0) is 12.1 Å². The predicted molar refractivity (Wildman–Crippen MR) is 51.4 cm³/mol. The van der Waals surface area contributed by atoms with Crippen LogP contribution >= 0.6 is 0 Å². The Morgan fingerprint density at radius 1 is 1.44 bits per heavy atom. The number of nitro benzene ring substituents is 1. The Hall–Kier alpha value is -2.00. The minimum absolute atomic E-state index is 0.433. The number of nitrogens with zero attached hydrogens (tertiary/aromatic N) is 1. The molecule has 0 spiro atoms. The van der Waals surface area contributed by atoms with E-state index in [2.05, 4.69) is 0 Å². The second-order valence-electron chi connectivity index (χ2n) is 2.78. The van der Waals surface area contributed by atoms with Crippen LogP contribution in [0.25, 0.3) is 0 Å². The molecule has 0 aliphatic heterocycles. The Morgan fingerprint density at radius 3 is 2.38 bits per heavy atom. The van der Waals surface area contributed by atoms with Gasteiger partial charge in [-0.1, -0.05) is 0 Å². The standard InChI is InChI=1S/C7H6N2O6S/c8-7(10)5-2-1-4(16(13,14)15)3-6(5)9(11)12/h1-3H,(H2,8,10)(H,13,14,15). The zero-order valence-electron chi connectivity index (χ0n) is 7.65. The summed E-state index contributed by atoms with van der Waals surface area (Å²) in [5.41, 5.74) is 3.65. The number of benzene rings is 1. The van der Waals surface area contributed by atoms with Gasteiger partial charge < -0.3 is 5.73 Å². The van der Waals surface area contributed by atoms with Crippen molar-refractivity contribution >= 4 is 21.7 Å². The van der Waals surface area contributed by atoms with Crippen molar-refractivity contribution in [2.24, 2.45) is 5.73 Å². The lowest BCUT2D eigenvalue weighted by Gasteiger charge is -2.00. The van der Waals surface area contributed by atoms with E-state index in [9.17, 15) is 23.3 Å². The maximum Gasteiger partial charge on any atom is 0.294 e. The number of hydrogen-bond donors (Lipinski definition) is 2. The van der Waals surface area contributed by atoms with E-state index in [1.54, 1.807) is 0 Å². The van der Waals surface area contributed by atoms with Gasteiger partial charge in [-0.2, -0.15) is 8.42 Å². The molecule has 0 saturated carbocycles. The van der Waals surface area contributed by atoms with Crippen molar-refractivity contribution in [2.75, 3.05) is 0 Å². The summed E-state index contributed by atoms with van der Waals surface area (Å²) in [6, 6.07) is 2.28. The summed E-state index contributed by atoms with van der Waals surface area (Å²) in [5.74, 6) is -1.06. The van der Waals surface area contributed by atoms with Gasteiger partial charge in [0.15, 0.2) is 0 Å². The highest BCUT2D eigenvalue weighted by Crippen LogP contribution is 2.22. The van der Waals surface area contributed by atoms with Gasteiger partial charge >= 0.3 is 0 Å². The molecule has 1 amide bonds. The molecule has 0 heterocycles. The topological polar surface area (TPSA) is 141 Å². The van der Waals surface area contributed by atoms with E-state index in [-0.39, 0.29) is 0 Å². The van der Waals surface area contributed by atoms with Gasteiger partial charge in [0.25, 0.3) is 21.7 Å². The molecule has 1 aromatic carbocycles. The molecular weight excluding hydrogens is 240 g/mol. The zero-order chi connectivity index (χ0) is 12.5. The average molecular weight is 246 g/mol. The van der Waals surface area contributed by atoms with E-state index in [1.807, 2.05) is 0 Å². The summed E-state index contributed by atoms with van der Waals surface area (Å²) in [5, 5.41) is 10.5. The van der Waals surface area contributed by atoms with Gasteiger partial charge in [-0.3, -0.25) is 19.5 Å². The van der Waals surface area contributed by atoms with E-state index in [1.165, 1.54) is 0 Å². The lowest BCUT2D eigenvalue weighted by molar-refractivity contribution is -0.385. The molecule has 3 N–H and O–H groups in total. The number of nitro groups is 1. The first-order chi connectivity index (χ1) is 7.23. The predicted octanol–water partition coefficient (Wildman–Crippen LogP) is -0.0596. The average Bonchev–Trinajstić information content (AvgIpc) is 2.15. The van der Waals surface area contributed by atoms with Crippen LogP contribution in [0.5, 0.6) is 0 Å². The first-order valence-corrected chi connectivity index (χ1v) is 5.23. The van der Waals surface area contributed by atoms with Crippen LogP contribution in [0.15, 0.2) is 23.1 Å². The molecule has 0 aliphatic rings. The fourth-order valence-electron chi connectivity index (χ4n) is 1.03. The molecule has 0 fully saturated rings. The summed E-state index contributed by atoms with van der Waals surface area (Å²) < 4.78 is 30.1. The minimum Gasteiger partial charge on any atom is -0.365 e. The Balaban J connectivity index is 3.52. The van der Waals surface area contributed by atoms with E-state index in [4.69, 9.17) is 10.3 Å². The highest BCUT2D eigenvalue weighted by atomic mass is 32.2. The highest BCUT2D eigenvalue weighted by Gasteiger charge is 2.22. The Bertz CT molecular complexity index is 564. The van der Waals surface area contributed by atoms with Crippen molar-refractivity contribution in [2.45, 2.75) is 4.90 Å². The van der Waals surface area contributed by atoms with Crippen LogP contribution in [0.2, 0.25) is 0 Å². The van der Waals surface area contributed by atoms with Crippen LogP contribution in [-0.4, -0.2) is 23.8 Å².